The fraction of sp³-hybridized carbons (Fsp3) is 0.423. The van der Waals surface area contributed by atoms with Crippen molar-refractivity contribution in [3.8, 4) is 5.75 Å². The van der Waals surface area contributed by atoms with E-state index in [1.165, 1.54) is 24.1 Å². The predicted molar refractivity (Wildman–Crippen MR) is 132 cm³/mol. The Morgan fingerprint density at radius 3 is 2.05 bits per heavy atom. The van der Waals surface area contributed by atoms with Crippen molar-refractivity contribution in [2.24, 2.45) is 5.73 Å². The van der Waals surface area contributed by atoms with Gasteiger partial charge in [-0.1, -0.05) is 0 Å². The second-order valence-electron chi connectivity index (χ2n) is 9.16. The molecule has 2 aromatic rings. The minimum atomic E-state index is -5.10. The SMILES string of the molecule is CCOC(=O)N1c2cc(C(N)=O)c(OC)cc2[C@@H](N(Cc2cc(C(F)(F)F)cc(C(F)(F)F)c2)C(=O)OC)C[C@H]1C. The molecule has 2 N–H and O–H groups in total. The minimum absolute atomic E-state index is 0.00498. The molecule has 0 saturated carbocycles. The lowest BCUT2D eigenvalue weighted by Crippen LogP contribution is -2.47. The van der Waals surface area contributed by atoms with E-state index < -0.39 is 65.8 Å². The normalized spacial score (nSPS) is 17.0. The molecule has 224 valence electrons. The third kappa shape index (κ3) is 6.60. The van der Waals surface area contributed by atoms with Gasteiger partial charge >= 0.3 is 24.5 Å². The van der Waals surface area contributed by atoms with Crippen LogP contribution in [-0.2, 0) is 28.4 Å². The van der Waals surface area contributed by atoms with Gasteiger partial charge in [-0.05, 0) is 56.2 Å². The van der Waals surface area contributed by atoms with Gasteiger partial charge in [0.25, 0.3) is 5.91 Å². The zero-order valence-corrected chi connectivity index (χ0v) is 22.4. The van der Waals surface area contributed by atoms with Gasteiger partial charge in [-0.2, -0.15) is 26.3 Å². The average Bonchev–Trinajstić information content (AvgIpc) is 2.89. The number of benzene rings is 2. The average molecular weight is 592 g/mol. The Morgan fingerprint density at radius 1 is 1.00 bits per heavy atom. The zero-order valence-electron chi connectivity index (χ0n) is 22.4. The van der Waals surface area contributed by atoms with Crippen molar-refractivity contribution >= 4 is 23.8 Å². The largest absolute Gasteiger partial charge is 0.496 e. The van der Waals surface area contributed by atoms with Gasteiger partial charge < -0.3 is 19.9 Å². The van der Waals surface area contributed by atoms with Gasteiger partial charge in [0.05, 0.1) is 49.2 Å². The van der Waals surface area contributed by atoms with Crippen molar-refractivity contribution in [3.63, 3.8) is 0 Å². The molecule has 0 fully saturated rings. The number of amides is 3. The van der Waals surface area contributed by atoms with Crippen LogP contribution in [0.1, 0.15) is 58.9 Å². The third-order valence-corrected chi connectivity index (χ3v) is 6.49. The predicted octanol–water partition coefficient (Wildman–Crippen LogP) is 5.90. The summed E-state index contributed by atoms with van der Waals surface area (Å²) in [6, 6.07) is 1.80. The number of rotatable bonds is 6. The highest BCUT2D eigenvalue weighted by molar-refractivity contribution is 5.99. The molecule has 0 unspecified atom stereocenters. The highest BCUT2D eigenvalue weighted by atomic mass is 19.4. The van der Waals surface area contributed by atoms with Gasteiger partial charge in [-0.15, -0.1) is 0 Å². The van der Waals surface area contributed by atoms with Crippen LogP contribution in [0.5, 0.6) is 5.75 Å². The number of halogens is 6. The maximum atomic E-state index is 13.5. The molecular formula is C26H27F6N3O6. The number of alkyl halides is 6. The van der Waals surface area contributed by atoms with Crippen LogP contribution >= 0.6 is 0 Å². The molecule has 15 heteroatoms. The Morgan fingerprint density at radius 2 is 1.59 bits per heavy atom. The van der Waals surface area contributed by atoms with Crippen molar-refractivity contribution in [2.45, 2.75) is 51.2 Å². The quantitative estimate of drug-likeness (QED) is 0.419. The van der Waals surface area contributed by atoms with Crippen LogP contribution in [0.25, 0.3) is 0 Å². The van der Waals surface area contributed by atoms with Gasteiger partial charge in [0, 0.05) is 18.2 Å². The van der Waals surface area contributed by atoms with E-state index in [9.17, 15) is 40.7 Å². The summed E-state index contributed by atoms with van der Waals surface area (Å²) in [5, 5.41) is 0. The van der Waals surface area contributed by atoms with E-state index in [1.54, 1.807) is 13.8 Å². The Balaban J connectivity index is 2.23. The second-order valence-corrected chi connectivity index (χ2v) is 9.16. The molecule has 0 spiro atoms. The van der Waals surface area contributed by atoms with Crippen LogP contribution in [0, 0.1) is 0 Å². The van der Waals surface area contributed by atoms with Gasteiger partial charge in [-0.3, -0.25) is 14.6 Å². The van der Waals surface area contributed by atoms with Crippen molar-refractivity contribution in [1.29, 1.82) is 0 Å². The summed E-state index contributed by atoms with van der Waals surface area (Å²) in [4.78, 5) is 40.1. The molecule has 1 heterocycles. The van der Waals surface area contributed by atoms with Crippen LogP contribution in [0.4, 0.5) is 41.6 Å². The van der Waals surface area contributed by atoms with E-state index in [2.05, 4.69) is 0 Å². The fourth-order valence-electron chi connectivity index (χ4n) is 4.71. The summed E-state index contributed by atoms with van der Waals surface area (Å²) < 4.78 is 96.2. The summed E-state index contributed by atoms with van der Waals surface area (Å²) in [6.45, 7) is 2.44. The topological polar surface area (TPSA) is 111 Å². The fourth-order valence-corrected chi connectivity index (χ4v) is 4.71. The summed E-state index contributed by atoms with van der Waals surface area (Å²) in [5.74, 6) is -0.945. The van der Waals surface area contributed by atoms with E-state index in [0.29, 0.717) is 12.1 Å². The smallest absolute Gasteiger partial charge is 0.416 e. The van der Waals surface area contributed by atoms with Crippen molar-refractivity contribution in [1.82, 2.24) is 4.90 Å². The van der Waals surface area contributed by atoms with Crippen LogP contribution in [0.15, 0.2) is 30.3 Å². The number of carbonyl (C=O) groups excluding carboxylic acids is 3. The Labute approximate surface area is 230 Å². The number of primary amides is 1. The molecular weight excluding hydrogens is 564 g/mol. The molecule has 1 aliphatic rings. The minimum Gasteiger partial charge on any atom is -0.496 e. The molecule has 3 rings (SSSR count). The number of ether oxygens (including phenoxy) is 3. The van der Waals surface area contributed by atoms with Crippen molar-refractivity contribution < 1.29 is 54.9 Å². The van der Waals surface area contributed by atoms with Crippen LogP contribution in [0.2, 0.25) is 0 Å². The lowest BCUT2D eigenvalue weighted by molar-refractivity contribution is -0.143. The van der Waals surface area contributed by atoms with E-state index in [-0.39, 0.29) is 41.7 Å². The molecule has 3 amide bonds. The number of nitrogens with zero attached hydrogens (tertiary/aromatic N) is 2. The Hall–Kier alpha value is -4.17. The maximum absolute atomic E-state index is 13.5. The number of hydrogen-bond donors (Lipinski definition) is 1. The third-order valence-electron chi connectivity index (χ3n) is 6.49. The van der Waals surface area contributed by atoms with E-state index in [0.717, 1.165) is 12.0 Å². The van der Waals surface area contributed by atoms with E-state index in [1.807, 2.05) is 0 Å². The molecule has 0 saturated heterocycles. The summed E-state index contributed by atoms with van der Waals surface area (Å²) in [6.07, 6.45) is -12.1. The Kier molecular flexibility index (Phi) is 8.98. The first kappa shape index (κ1) is 31.4. The first-order chi connectivity index (χ1) is 19.0. The number of carbonyl (C=O) groups is 3. The maximum Gasteiger partial charge on any atom is 0.416 e. The van der Waals surface area contributed by atoms with Gasteiger partial charge in [0.15, 0.2) is 0 Å². The summed E-state index contributed by atoms with van der Waals surface area (Å²) in [5.41, 5.74) is 2.05. The second kappa shape index (κ2) is 11.7. The Bertz CT molecular complexity index is 1300. The molecule has 2 atom stereocenters. The molecule has 0 aliphatic carbocycles. The molecule has 0 aromatic heterocycles. The molecule has 0 bridgehead atoms. The van der Waals surface area contributed by atoms with E-state index >= 15 is 0 Å². The number of methoxy groups -OCH3 is 2. The summed E-state index contributed by atoms with van der Waals surface area (Å²) >= 11 is 0. The molecule has 41 heavy (non-hydrogen) atoms. The highest BCUT2D eigenvalue weighted by Crippen LogP contribution is 2.45. The lowest BCUT2D eigenvalue weighted by atomic mass is 9.89. The standard InChI is InChI=1S/C26H27F6N3O6/c1-5-41-24(38)35-13(2)6-19(17-11-21(39-3)18(22(33)36)10-20(17)35)34(23(37)40-4)12-14-7-15(25(27,28)29)9-16(8-14)26(30,31)32/h7-11,13,19H,5-6,12H2,1-4H3,(H2,33,36)/t13-,19+/m1/s1. The zero-order chi connectivity index (χ0) is 30.9. The van der Waals surface area contributed by atoms with Crippen LogP contribution in [0.3, 0.4) is 0 Å². The summed E-state index contributed by atoms with van der Waals surface area (Å²) in [7, 11) is 2.23. The van der Waals surface area contributed by atoms with Crippen LogP contribution < -0.4 is 15.4 Å². The molecule has 0 radical (unpaired) electrons. The number of hydrogen-bond acceptors (Lipinski definition) is 6. The van der Waals surface area contributed by atoms with Crippen molar-refractivity contribution in [2.75, 3.05) is 25.7 Å². The van der Waals surface area contributed by atoms with Gasteiger partial charge in [-0.25, -0.2) is 9.59 Å². The molecule has 2 aromatic carbocycles. The molecule has 9 nitrogen and oxygen atoms in total. The van der Waals surface area contributed by atoms with Gasteiger partial charge in [0.2, 0.25) is 0 Å². The number of anilines is 1. The number of nitrogens with two attached hydrogens (primary N) is 1. The monoisotopic (exact) mass is 591 g/mol. The number of fused-ring (bicyclic) bond motifs is 1. The molecule has 1 aliphatic heterocycles. The van der Waals surface area contributed by atoms with E-state index in [4.69, 9.17) is 19.9 Å². The van der Waals surface area contributed by atoms with Gasteiger partial charge in [0.1, 0.15) is 5.75 Å². The first-order valence-corrected chi connectivity index (χ1v) is 12.1. The lowest BCUT2D eigenvalue weighted by Gasteiger charge is -2.42. The first-order valence-electron chi connectivity index (χ1n) is 12.1. The van der Waals surface area contributed by atoms with Crippen LogP contribution in [-0.4, -0.2) is 49.9 Å². The van der Waals surface area contributed by atoms with Crippen molar-refractivity contribution in [3.05, 3.63) is 58.1 Å². The highest BCUT2D eigenvalue weighted by Gasteiger charge is 2.42.